The number of rotatable bonds is 8. The summed E-state index contributed by atoms with van der Waals surface area (Å²) in [7, 11) is 0. The zero-order valence-corrected chi connectivity index (χ0v) is 19.9. The van der Waals surface area contributed by atoms with Crippen LogP contribution in [0, 0.1) is 6.92 Å². The fourth-order valence-electron chi connectivity index (χ4n) is 3.47. The molecule has 3 rings (SSSR count). The number of nitrogens with zero attached hydrogens (tertiary/aromatic N) is 1. The molecule has 0 saturated carbocycles. The summed E-state index contributed by atoms with van der Waals surface area (Å²) in [6.07, 6.45) is -9.67. The van der Waals surface area contributed by atoms with Gasteiger partial charge in [-0.2, -0.15) is 26.3 Å². The van der Waals surface area contributed by atoms with Crippen LogP contribution in [-0.2, 0) is 11.0 Å². The maximum absolute atomic E-state index is 13.5. The van der Waals surface area contributed by atoms with Gasteiger partial charge in [0, 0.05) is 29.6 Å². The Bertz CT molecular complexity index is 1410. The van der Waals surface area contributed by atoms with Crippen molar-refractivity contribution in [2.45, 2.75) is 25.7 Å². The van der Waals surface area contributed by atoms with Crippen LogP contribution in [-0.4, -0.2) is 40.7 Å². The Morgan fingerprint density at radius 3 is 2.28 bits per heavy atom. The lowest BCUT2D eigenvalue weighted by Gasteiger charge is -2.19. The van der Waals surface area contributed by atoms with E-state index < -0.39 is 65.9 Å². The molecule has 0 fully saturated rings. The zero-order chi connectivity index (χ0) is 29.0. The van der Waals surface area contributed by atoms with Gasteiger partial charge < -0.3 is 15.2 Å². The number of aromatic nitrogens is 1. The van der Waals surface area contributed by atoms with E-state index in [2.05, 4.69) is 9.72 Å². The molecule has 39 heavy (non-hydrogen) atoms. The highest BCUT2D eigenvalue weighted by atomic mass is 19.4. The number of amides is 2. The summed E-state index contributed by atoms with van der Waals surface area (Å²) in [4.78, 5) is 40.5. The molecule has 0 radical (unpaired) electrons. The second-order valence-electron chi connectivity index (χ2n) is 8.15. The molecule has 0 saturated heterocycles. The Morgan fingerprint density at radius 2 is 1.67 bits per heavy atom. The predicted octanol–water partition coefficient (Wildman–Crippen LogP) is 6.32. The third-order valence-electron chi connectivity index (χ3n) is 5.19. The lowest BCUT2D eigenvalue weighted by molar-refractivity contribution is -0.158. The summed E-state index contributed by atoms with van der Waals surface area (Å²) in [6, 6.07) is 8.55. The largest absolute Gasteiger partial charge is 0.483 e. The van der Waals surface area contributed by atoms with E-state index in [1.165, 1.54) is 12.1 Å². The van der Waals surface area contributed by atoms with Crippen molar-refractivity contribution < 1.29 is 50.6 Å². The van der Waals surface area contributed by atoms with Crippen LogP contribution < -0.4 is 15.4 Å². The second-order valence-corrected chi connectivity index (χ2v) is 8.15. The first kappa shape index (κ1) is 28.9. The molecule has 0 atom stereocenters. The van der Waals surface area contributed by atoms with Crippen molar-refractivity contribution >= 4 is 29.2 Å². The minimum atomic E-state index is -5.23. The molecule has 3 aromatic rings. The third kappa shape index (κ3) is 7.93. The number of benzene rings is 2. The van der Waals surface area contributed by atoms with Gasteiger partial charge in [0.25, 0.3) is 0 Å². The Hall–Kier alpha value is -4.62. The van der Waals surface area contributed by atoms with Gasteiger partial charge in [0.05, 0.1) is 23.4 Å². The first-order chi connectivity index (χ1) is 18.1. The van der Waals surface area contributed by atoms with Crippen LogP contribution in [0.1, 0.15) is 27.9 Å². The number of pyridine rings is 1. The number of halogens is 6. The van der Waals surface area contributed by atoms with E-state index >= 15 is 0 Å². The second kappa shape index (κ2) is 11.4. The molecule has 1 heterocycles. The van der Waals surface area contributed by atoms with Crippen LogP contribution in [0.25, 0.3) is 11.1 Å². The number of aryl methyl sites for hydroxylation is 1. The highest BCUT2D eigenvalue weighted by Crippen LogP contribution is 2.42. The van der Waals surface area contributed by atoms with E-state index in [-0.39, 0.29) is 11.6 Å². The number of Topliss-reactive ketones (excluding diaryl/α,β-unsaturated/α-hetero) is 1. The van der Waals surface area contributed by atoms with Crippen molar-refractivity contribution in [1.82, 2.24) is 4.98 Å². The molecule has 2 amide bonds. The van der Waals surface area contributed by atoms with Gasteiger partial charge >= 0.3 is 18.4 Å². The number of ether oxygens (including phenoxy) is 1. The summed E-state index contributed by atoms with van der Waals surface area (Å²) >= 11 is 0. The quantitative estimate of drug-likeness (QED) is 0.170. The summed E-state index contributed by atoms with van der Waals surface area (Å²) in [5.74, 6) is -3.13. The van der Waals surface area contributed by atoms with E-state index in [1.807, 2.05) is 12.2 Å². The van der Waals surface area contributed by atoms with Gasteiger partial charge in [-0.05, 0) is 36.2 Å². The monoisotopic (exact) mass is 555 g/mol. The van der Waals surface area contributed by atoms with Gasteiger partial charge in [0.2, 0.25) is 5.91 Å². The standard InChI is InChI=1S/C25H19F6N3O5/c1-13-5-6-32-11-16(13)14-3-2-4-15(7-14)20(35)10-22(36)33-18-8-17(25(29,30)31)21(39-12-24(26,27)28)9-19(18)34-23(37)38/h2-9,11,34H,10,12H2,1H3,(H,33,36)(H,37,38). The summed E-state index contributed by atoms with van der Waals surface area (Å²) in [6.45, 7) is -0.253. The van der Waals surface area contributed by atoms with Crippen LogP contribution in [0.15, 0.2) is 54.9 Å². The number of carbonyl (C=O) groups is 3. The van der Waals surface area contributed by atoms with E-state index in [1.54, 1.807) is 35.9 Å². The maximum Gasteiger partial charge on any atom is 0.422 e. The summed E-state index contributed by atoms with van der Waals surface area (Å²) in [5, 5.41) is 12.7. The molecule has 206 valence electrons. The highest BCUT2D eigenvalue weighted by Gasteiger charge is 2.37. The molecule has 0 unspecified atom stereocenters. The van der Waals surface area contributed by atoms with Crippen molar-refractivity contribution in [3.05, 3.63) is 71.5 Å². The van der Waals surface area contributed by atoms with E-state index in [0.717, 1.165) is 11.1 Å². The van der Waals surface area contributed by atoms with Crippen molar-refractivity contribution in [3.8, 4) is 16.9 Å². The third-order valence-corrected chi connectivity index (χ3v) is 5.19. The van der Waals surface area contributed by atoms with Crippen molar-refractivity contribution in [3.63, 3.8) is 0 Å². The number of carbonyl (C=O) groups excluding carboxylic acids is 2. The van der Waals surface area contributed by atoms with Crippen LogP contribution >= 0.6 is 0 Å². The molecule has 0 aliphatic carbocycles. The van der Waals surface area contributed by atoms with E-state index in [9.17, 15) is 40.7 Å². The molecule has 0 spiro atoms. The molecule has 14 heteroatoms. The topological polar surface area (TPSA) is 118 Å². The van der Waals surface area contributed by atoms with Gasteiger partial charge in [-0.15, -0.1) is 0 Å². The Morgan fingerprint density at radius 1 is 0.974 bits per heavy atom. The van der Waals surface area contributed by atoms with Gasteiger partial charge in [0.1, 0.15) is 5.75 Å². The number of alkyl halides is 6. The average molecular weight is 555 g/mol. The molecule has 2 aromatic carbocycles. The number of carboxylic acid groups (broad SMARTS) is 1. The first-order valence-corrected chi connectivity index (χ1v) is 10.9. The summed E-state index contributed by atoms with van der Waals surface area (Å²) in [5.41, 5.74) is -0.818. The van der Waals surface area contributed by atoms with Gasteiger partial charge in [-0.25, -0.2) is 4.79 Å². The number of ketones is 1. The molecule has 3 N–H and O–H groups in total. The number of hydrogen-bond acceptors (Lipinski definition) is 5. The molecule has 0 aliphatic heterocycles. The van der Waals surface area contributed by atoms with Crippen LogP contribution in [0.3, 0.4) is 0 Å². The van der Waals surface area contributed by atoms with Crippen molar-refractivity contribution in [2.75, 3.05) is 17.2 Å². The smallest absolute Gasteiger partial charge is 0.422 e. The molecular formula is C25H19F6N3O5. The lowest BCUT2D eigenvalue weighted by Crippen LogP contribution is -2.22. The lowest BCUT2D eigenvalue weighted by atomic mass is 9.98. The zero-order valence-electron chi connectivity index (χ0n) is 19.9. The van der Waals surface area contributed by atoms with Crippen LogP contribution in [0.2, 0.25) is 0 Å². The average Bonchev–Trinajstić information content (AvgIpc) is 2.82. The number of nitrogens with one attached hydrogen (secondary N) is 2. The molecular weight excluding hydrogens is 536 g/mol. The minimum absolute atomic E-state index is 0.113. The van der Waals surface area contributed by atoms with Crippen molar-refractivity contribution in [1.29, 1.82) is 0 Å². The SMILES string of the molecule is Cc1ccncc1-c1cccc(C(=O)CC(=O)Nc2cc(C(F)(F)F)c(OCC(F)(F)F)cc2NC(=O)O)c1. The fraction of sp³-hybridized carbons (Fsp3) is 0.200. The van der Waals surface area contributed by atoms with E-state index in [4.69, 9.17) is 5.11 Å². The molecule has 1 aromatic heterocycles. The maximum atomic E-state index is 13.5. The van der Waals surface area contributed by atoms with Gasteiger partial charge in [-0.1, -0.05) is 18.2 Å². The van der Waals surface area contributed by atoms with Gasteiger partial charge in [0.15, 0.2) is 12.4 Å². The number of hydrogen-bond donors (Lipinski definition) is 3. The molecule has 8 nitrogen and oxygen atoms in total. The normalized spacial score (nSPS) is 11.6. The van der Waals surface area contributed by atoms with Crippen LogP contribution in [0.4, 0.5) is 42.5 Å². The van der Waals surface area contributed by atoms with Crippen LogP contribution in [0.5, 0.6) is 5.75 Å². The fourth-order valence-corrected chi connectivity index (χ4v) is 3.47. The van der Waals surface area contributed by atoms with Crippen molar-refractivity contribution in [2.24, 2.45) is 0 Å². The minimum Gasteiger partial charge on any atom is -0.483 e. The summed E-state index contributed by atoms with van der Waals surface area (Å²) < 4.78 is 82.5. The first-order valence-electron chi connectivity index (χ1n) is 10.9. The molecule has 0 aliphatic rings. The Balaban J connectivity index is 1.87. The Kier molecular flexibility index (Phi) is 8.47. The Labute approximate surface area is 216 Å². The molecule has 0 bridgehead atoms. The number of anilines is 2. The highest BCUT2D eigenvalue weighted by molar-refractivity contribution is 6.12. The van der Waals surface area contributed by atoms with Gasteiger partial charge in [-0.3, -0.25) is 19.9 Å². The predicted molar refractivity (Wildman–Crippen MR) is 127 cm³/mol. The van der Waals surface area contributed by atoms with E-state index in [0.29, 0.717) is 11.6 Å².